The van der Waals surface area contributed by atoms with Gasteiger partial charge in [0.1, 0.15) is 5.60 Å². The first-order valence-corrected chi connectivity index (χ1v) is 6.24. The van der Waals surface area contributed by atoms with Crippen LogP contribution in [-0.2, 0) is 4.74 Å². The average Bonchev–Trinajstić information content (AvgIpc) is 2.70. The molecular formula is C12H22N2O3. The minimum atomic E-state index is -0.435. The van der Waals surface area contributed by atoms with Crippen LogP contribution >= 0.6 is 0 Å². The van der Waals surface area contributed by atoms with E-state index in [9.17, 15) is 4.79 Å². The third-order valence-electron chi connectivity index (χ3n) is 3.35. The molecule has 2 rings (SSSR count). The van der Waals surface area contributed by atoms with Gasteiger partial charge in [0, 0.05) is 25.2 Å². The number of nitrogens with zero attached hydrogens (tertiary/aromatic N) is 1. The Morgan fingerprint density at radius 3 is 2.71 bits per heavy atom. The molecule has 5 heteroatoms. The molecule has 1 amide bonds. The number of rotatable bonds is 1. The summed E-state index contributed by atoms with van der Waals surface area (Å²) in [6.45, 7) is 7.24. The highest BCUT2D eigenvalue weighted by Crippen LogP contribution is 2.28. The first-order chi connectivity index (χ1) is 7.89. The van der Waals surface area contributed by atoms with Crippen LogP contribution in [0.1, 0.15) is 27.2 Å². The third kappa shape index (κ3) is 2.90. The fourth-order valence-electron chi connectivity index (χ4n) is 2.64. The Morgan fingerprint density at radius 1 is 1.47 bits per heavy atom. The van der Waals surface area contributed by atoms with Gasteiger partial charge in [-0.25, -0.2) is 4.79 Å². The second-order valence-corrected chi connectivity index (χ2v) is 6.03. The monoisotopic (exact) mass is 242 g/mol. The summed E-state index contributed by atoms with van der Waals surface area (Å²) in [4.78, 5) is 13.6. The van der Waals surface area contributed by atoms with Crippen molar-refractivity contribution in [1.29, 1.82) is 0 Å². The number of aliphatic hydroxyl groups excluding tert-OH is 1. The molecule has 0 aromatic heterocycles. The number of ether oxygens (including phenoxy) is 1. The van der Waals surface area contributed by atoms with Crippen LogP contribution in [0.2, 0.25) is 0 Å². The van der Waals surface area contributed by atoms with E-state index in [2.05, 4.69) is 5.32 Å². The van der Waals surface area contributed by atoms with E-state index in [4.69, 9.17) is 9.84 Å². The molecule has 3 atom stereocenters. The lowest BCUT2D eigenvalue weighted by Crippen LogP contribution is -2.40. The number of nitrogens with one attached hydrogen (secondary N) is 1. The maximum atomic E-state index is 11.9. The average molecular weight is 242 g/mol. The quantitative estimate of drug-likeness (QED) is 0.706. The summed E-state index contributed by atoms with van der Waals surface area (Å²) in [6, 6.07) is 0.519. The van der Waals surface area contributed by atoms with E-state index < -0.39 is 5.60 Å². The number of carbonyl (C=O) groups excluding carboxylic acids is 1. The Labute approximate surface area is 102 Å². The Hall–Kier alpha value is -0.810. The van der Waals surface area contributed by atoms with Gasteiger partial charge in [0.15, 0.2) is 0 Å². The third-order valence-corrected chi connectivity index (χ3v) is 3.35. The highest BCUT2D eigenvalue weighted by atomic mass is 16.6. The molecule has 98 valence electrons. The van der Waals surface area contributed by atoms with Crippen LogP contribution in [-0.4, -0.2) is 53.5 Å². The van der Waals surface area contributed by atoms with Gasteiger partial charge in [-0.15, -0.1) is 0 Å². The van der Waals surface area contributed by atoms with Gasteiger partial charge in [0.05, 0.1) is 6.61 Å². The topological polar surface area (TPSA) is 61.8 Å². The Balaban J connectivity index is 1.86. The van der Waals surface area contributed by atoms with Gasteiger partial charge in [0.25, 0.3) is 0 Å². The minimum Gasteiger partial charge on any atom is -0.444 e. The molecule has 0 aliphatic carbocycles. The van der Waals surface area contributed by atoms with Crippen molar-refractivity contribution in [1.82, 2.24) is 10.2 Å². The van der Waals surface area contributed by atoms with Gasteiger partial charge in [-0.2, -0.15) is 0 Å². The Morgan fingerprint density at radius 2 is 2.18 bits per heavy atom. The van der Waals surface area contributed by atoms with Gasteiger partial charge in [-0.3, -0.25) is 0 Å². The van der Waals surface area contributed by atoms with E-state index in [-0.39, 0.29) is 18.7 Å². The van der Waals surface area contributed by atoms with E-state index in [0.717, 1.165) is 13.0 Å². The van der Waals surface area contributed by atoms with E-state index in [1.54, 1.807) is 4.90 Å². The molecule has 5 nitrogen and oxygen atoms in total. The van der Waals surface area contributed by atoms with Crippen molar-refractivity contribution >= 4 is 6.09 Å². The van der Waals surface area contributed by atoms with E-state index in [1.807, 2.05) is 20.8 Å². The van der Waals surface area contributed by atoms with Crippen molar-refractivity contribution in [3.63, 3.8) is 0 Å². The summed E-state index contributed by atoms with van der Waals surface area (Å²) < 4.78 is 5.35. The molecular weight excluding hydrogens is 220 g/mol. The zero-order valence-electron chi connectivity index (χ0n) is 10.8. The molecule has 0 saturated carbocycles. The molecule has 0 radical (unpaired) electrons. The lowest BCUT2D eigenvalue weighted by Gasteiger charge is -2.25. The summed E-state index contributed by atoms with van der Waals surface area (Å²) in [6.07, 6.45) is 0.717. The molecule has 0 bridgehead atoms. The Kier molecular flexibility index (Phi) is 3.32. The van der Waals surface area contributed by atoms with Crippen LogP contribution in [0.25, 0.3) is 0 Å². The van der Waals surface area contributed by atoms with Gasteiger partial charge in [-0.1, -0.05) is 0 Å². The zero-order valence-corrected chi connectivity index (χ0v) is 10.8. The highest BCUT2D eigenvalue weighted by Gasteiger charge is 2.42. The molecule has 3 unspecified atom stereocenters. The standard InChI is InChI=1S/C12H22N2O3/c1-12(2,3)17-11(16)14-5-8-4-9(7-15)13-10(8)6-14/h8-10,13,15H,4-7H2,1-3H3. The van der Waals surface area contributed by atoms with Gasteiger partial charge in [0.2, 0.25) is 0 Å². The number of hydrogen-bond acceptors (Lipinski definition) is 4. The molecule has 2 heterocycles. The molecule has 2 aliphatic heterocycles. The predicted octanol–water partition coefficient (Wildman–Crippen LogP) is 0.576. The maximum absolute atomic E-state index is 11.9. The highest BCUT2D eigenvalue weighted by molar-refractivity contribution is 5.68. The van der Waals surface area contributed by atoms with Gasteiger partial charge >= 0.3 is 6.09 Å². The predicted molar refractivity (Wildman–Crippen MR) is 63.7 cm³/mol. The molecule has 0 spiro atoms. The Bertz CT molecular complexity index is 287. The number of hydrogen-bond donors (Lipinski definition) is 2. The molecule has 0 aromatic carbocycles. The fourth-order valence-corrected chi connectivity index (χ4v) is 2.64. The summed E-state index contributed by atoms with van der Waals surface area (Å²) in [7, 11) is 0. The zero-order chi connectivity index (χ0) is 12.6. The van der Waals surface area contributed by atoms with Crippen LogP contribution in [0, 0.1) is 5.92 Å². The largest absolute Gasteiger partial charge is 0.444 e. The van der Waals surface area contributed by atoms with Crippen LogP contribution in [0.3, 0.4) is 0 Å². The van der Waals surface area contributed by atoms with Gasteiger partial charge in [-0.05, 0) is 33.1 Å². The van der Waals surface area contributed by atoms with E-state index in [0.29, 0.717) is 18.5 Å². The SMILES string of the molecule is CC(C)(C)OC(=O)N1CC2CC(CO)NC2C1. The van der Waals surface area contributed by atoms with Crippen molar-refractivity contribution in [2.24, 2.45) is 5.92 Å². The first-order valence-electron chi connectivity index (χ1n) is 6.24. The lowest BCUT2D eigenvalue weighted by atomic mass is 10.0. The summed E-state index contributed by atoms with van der Waals surface area (Å²) in [5, 5.41) is 12.4. The second-order valence-electron chi connectivity index (χ2n) is 6.03. The number of aliphatic hydroxyl groups is 1. The maximum Gasteiger partial charge on any atom is 0.410 e. The molecule has 2 fully saturated rings. The summed E-state index contributed by atoms with van der Waals surface area (Å²) in [5.41, 5.74) is -0.435. The summed E-state index contributed by atoms with van der Waals surface area (Å²) >= 11 is 0. The van der Waals surface area contributed by atoms with Gasteiger partial charge < -0.3 is 20.1 Å². The molecule has 17 heavy (non-hydrogen) atoms. The van der Waals surface area contributed by atoms with Crippen LogP contribution in [0.5, 0.6) is 0 Å². The number of fused-ring (bicyclic) bond motifs is 1. The molecule has 0 aromatic rings. The van der Waals surface area contributed by atoms with Crippen molar-refractivity contribution in [2.45, 2.75) is 44.9 Å². The van der Waals surface area contributed by atoms with Crippen molar-refractivity contribution < 1.29 is 14.6 Å². The van der Waals surface area contributed by atoms with Crippen LogP contribution < -0.4 is 5.32 Å². The van der Waals surface area contributed by atoms with E-state index >= 15 is 0 Å². The number of likely N-dealkylation sites (tertiary alicyclic amines) is 1. The smallest absolute Gasteiger partial charge is 0.410 e. The molecule has 2 N–H and O–H groups in total. The van der Waals surface area contributed by atoms with E-state index in [1.165, 1.54) is 0 Å². The van der Waals surface area contributed by atoms with Crippen molar-refractivity contribution in [2.75, 3.05) is 19.7 Å². The first kappa shape index (κ1) is 12.6. The summed E-state index contributed by atoms with van der Waals surface area (Å²) in [5.74, 6) is 0.458. The lowest BCUT2D eigenvalue weighted by molar-refractivity contribution is 0.0280. The normalized spacial score (nSPS) is 32.7. The van der Waals surface area contributed by atoms with Crippen LogP contribution in [0.4, 0.5) is 4.79 Å². The number of carbonyl (C=O) groups is 1. The molecule has 2 saturated heterocycles. The van der Waals surface area contributed by atoms with Crippen molar-refractivity contribution in [3.05, 3.63) is 0 Å². The van der Waals surface area contributed by atoms with Crippen LogP contribution in [0.15, 0.2) is 0 Å². The fraction of sp³-hybridized carbons (Fsp3) is 0.917. The van der Waals surface area contributed by atoms with Crippen molar-refractivity contribution in [3.8, 4) is 0 Å². The molecule has 2 aliphatic rings. The second kappa shape index (κ2) is 4.46. The minimum absolute atomic E-state index is 0.180. The number of amides is 1.